The molecule has 0 heterocycles. The van der Waals surface area contributed by atoms with Crippen LogP contribution in [0.25, 0.3) is 0 Å². The lowest BCUT2D eigenvalue weighted by Gasteiger charge is -2.13. The molecule has 5 heteroatoms. The van der Waals surface area contributed by atoms with E-state index >= 15 is 0 Å². The van der Waals surface area contributed by atoms with Crippen LogP contribution in [0, 0.1) is 12.8 Å². The van der Waals surface area contributed by atoms with Crippen LogP contribution in [0.1, 0.15) is 48.5 Å². The zero-order chi connectivity index (χ0) is 19.2. The van der Waals surface area contributed by atoms with E-state index in [9.17, 15) is 9.59 Å². The summed E-state index contributed by atoms with van der Waals surface area (Å²) in [5, 5.41) is 5.88. The highest BCUT2D eigenvalue weighted by molar-refractivity contribution is 6.05. The Morgan fingerprint density at radius 3 is 2.33 bits per heavy atom. The smallest absolute Gasteiger partial charge is 0.255 e. The number of rotatable bonds is 8. The number of unbranched alkanes of at least 4 members (excludes halogenated alkanes) is 1. The number of nitrogens with one attached hydrogen (secondary N) is 2. The first kappa shape index (κ1) is 19.0. The van der Waals surface area contributed by atoms with Crippen LogP contribution in [0.15, 0.2) is 42.5 Å². The quantitative estimate of drug-likeness (QED) is 0.661. The van der Waals surface area contributed by atoms with Crippen molar-refractivity contribution in [1.29, 1.82) is 0 Å². The maximum atomic E-state index is 12.6. The van der Waals surface area contributed by atoms with Crippen molar-refractivity contribution in [1.82, 2.24) is 0 Å². The number of amides is 2. The van der Waals surface area contributed by atoms with Gasteiger partial charge in [0.15, 0.2) is 0 Å². The molecule has 27 heavy (non-hydrogen) atoms. The highest BCUT2D eigenvalue weighted by Gasteiger charge is 2.29. The van der Waals surface area contributed by atoms with Gasteiger partial charge in [-0.3, -0.25) is 9.59 Å². The summed E-state index contributed by atoms with van der Waals surface area (Å²) in [6.45, 7) is 4.69. The monoisotopic (exact) mass is 366 g/mol. The molecule has 0 aliphatic heterocycles. The van der Waals surface area contributed by atoms with Crippen molar-refractivity contribution in [2.75, 3.05) is 17.2 Å². The van der Waals surface area contributed by atoms with E-state index < -0.39 is 0 Å². The first-order chi connectivity index (χ1) is 13.1. The summed E-state index contributed by atoms with van der Waals surface area (Å²) < 4.78 is 5.62. The Morgan fingerprint density at radius 2 is 1.70 bits per heavy atom. The Morgan fingerprint density at radius 1 is 1.04 bits per heavy atom. The molecule has 0 unspecified atom stereocenters. The molecule has 2 N–H and O–H groups in total. The average molecular weight is 366 g/mol. The molecule has 0 bridgehead atoms. The standard InChI is InChI=1S/C22H26N2O3/c1-3-4-14-27-18-12-10-17(11-13-18)22(26)24-20-7-5-6-19(15(20)2)23-21(25)16-8-9-16/h5-7,10-13,16H,3-4,8-9,14H2,1-2H3,(H,23,25)(H,24,26). The Labute approximate surface area is 160 Å². The second-order valence-electron chi connectivity index (χ2n) is 6.92. The third-order valence-electron chi connectivity index (χ3n) is 4.67. The third kappa shape index (κ3) is 5.09. The van der Waals surface area contributed by atoms with E-state index in [1.807, 2.05) is 37.3 Å². The van der Waals surface area contributed by atoms with Gasteiger partial charge in [0.25, 0.3) is 5.91 Å². The second kappa shape index (κ2) is 8.71. The maximum absolute atomic E-state index is 12.6. The van der Waals surface area contributed by atoms with Gasteiger partial charge in [0, 0.05) is 22.9 Å². The van der Waals surface area contributed by atoms with Gasteiger partial charge in [-0.15, -0.1) is 0 Å². The minimum absolute atomic E-state index is 0.0558. The van der Waals surface area contributed by atoms with Gasteiger partial charge in [0.1, 0.15) is 5.75 Å². The first-order valence-electron chi connectivity index (χ1n) is 9.53. The molecule has 2 amide bonds. The van der Waals surface area contributed by atoms with Crippen LogP contribution in [0.4, 0.5) is 11.4 Å². The van der Waals surface area contributed by atoms with Gasteiger partial charge in [-0.05, 0) is 68.1 Å². The molecule has 2 aromatic carbocycles. The van der Waals surface area contributed by atoms with Crippen LogP contribution in [0.3, 0.4) is 0 Å². The van der Waals surface area contributed by atoms with Crippen molar-refractivity contribution >= 4 is 23.2 Å². The number of carbonyl (C=O) groups is 2. The van der Waals surface area contributed by atoms with Gasteiger partial charge in [-0.2, -0.15) is 0 Å². The summed E-state index contributed by atoms with van der Waals surface area (Å²) in [4.78, 5) is 24.5. The number of hydrogen-bond donors (Lipinski definition) is 2. The van der Waals surface area contributed by atoms with E-state index in [1.165, 1.54) is 0 Å². The lowest BCUT2D eigenvalue weighted by molar-refractivity contribution is -0.117. The molecule has 0 atom stereocenters. The van der Waals surface area contributed by atoms with Crippen LogP contribution in [0.2, 0.25) is 0 Å². The van der Waals surface area contributed by atoms with E-state index in [-0.39, 0.29) is 17.7 Å². The van der Waals surface area contributed by atoms with Crippen LogP contribution < -0.4 is 15.4 Å². The SMILES string of the molecule is CCCCOc1ccc(C(=O)Nc2cccc(NC(=O)C3CC3)c2C)cc1. The Kier molecular flexibility index (Phi) is 6.12. The lowest BCUT2D eigenvalue weighted by Crippen LogP contribution is -2.16. The summed E-state index contributed by atoms with van der Waals surface area (Å²) >= 11 is 0. The fraction of sp³-hybridized carbons (Fsp3) is 0.364. The fourth-order valence-electron chi connectivity index (χ4n) is 2.72. The van der Waals surface area contributed by atoms with Crippen molar-refractivity contribution < 1.29 is 14.3 Å². The predicted molar refractivity (Wildman–Crippen MR) is 107 cm³/mol. The van der Waals surface area contributed by atoms with Crippen LogP contribution in [-0.4, -0.2) is 18.4 Å². The van der Waals surface area contributed by atoms with Crippen molar-refractivity contribution in [3.05, 3.63) is 53.6 Å². The van der Waals surface area contributed by atoms with Crippen molar-refractivity contribution in [3.63, 3.8) is 0 Å². The summed E-state index contributed by atoms with van der Waals surface area (Å²) in [5.74, 6) is 0.769. The minimum Gasteiger partial charge on any atom is -0.494 e. The summed E-state index contributed by atoms with van der Waals surface area (Å²) in [5.41, 5.74) is 2.84. The van der Waals surface area contributed by atoms with Crippen molar-refractivity contribution in [2.45, 2.75) is 39.5 Å². The molecule has 3 rings (SSSR count). The zero-order valence-corrected chi connectivity index (χ0v) is 15.9. The molecule has 0 radical (unpaired) electrons. The highest BCUT2D eigenvalue weighted by atomic mass is 16.5. The Hall–Kier alpha value is -2.82. The number of anilines is 2. The minimum atomic E-state index is -0.191. The van der Waals surface area contributed by atoms with Crippen LogP contribution in [0.5, 0.6) is 5.75 Å². The number of carbonyl (C=O) groups excluding carboxylic acids is 2. The van der Waals surface area contributed by atoms with Gasteiger partial charge in [-0.25, -0.2) is 0 Å². The molecular weight excluding hydrogens is 340 g/mol. The van der Waals surface area contributed by atoms with Gasteiger partial charge in [-0.1, -0.05) is 19.4 Å². The predicted octanol–water partition coefficient (Wildman–Crippen LogP) is 4.77. The fourth-order valence-corrected chi connectivity index (χ4v) is 2.72. The lowest BCUT2D eigenvalue weighted by atomic mass is 10.1. The molecule has 0 saturated heterocycles. The van der Waals surface area contributed by atoms with Crippen molar-refractivity contribution in [3.8, 4) is 5.75 Å². The van der Waals surface area contributed by atoms with E-state index in [0.29, 0.717) is 17.9 Å². The van der Waals surface area contributed by atoms with Gasteiger partial charge >= 0.3 is 0 Å². The van der Waals surface area contributed by atoms with Crippen LogP contribution in [-0.2, 0) is 4.79 Å². The number of hydrogen-bond acceptors (Lipinski definition) is 3. The summed E-state index contributed by atoms with van der Waals surface area (Å²) in [6.07, 6.45) is 4.01. The highest BCUT2D eigenvalue weighted by Crippen LogP contribution is 2.31. The molecule has 0 spiro atoms. The molecule has 142 valence electrons. The molecular formula is C22H26N2O3. The molecule has 1 fully saturated rings. The van der Waals surface area contributed by atoms with Gasteiger partial charge in [0.2, 0.25) is 5.91 Å². The number of benzene rings is 2. The largest absolute Gasteiger partial charge is 0.494 e. The molecule has 1 saturated carbocycles. The Balaban J connectivity index is 1.64. The topological polar surface area (TPSA) is 67.4 Å². The Bertz CT molecular complexity index is 811. The normalized spacial score (nSPS) is 13.1. The summed E-state index contributed by atoms with van der Waals surface area (Å²) in [6, 6.07) is 12.6. The summed E-state index contributed by atoms with van der Waals surface area (Å²) in [7, 11) is 0. The van der Waals surface area contributed by atoms with Gasteiger partial charge in [0.05, 0.1) is 6.61 Å². The van der Waals surface area contributed by atoms with E-state index in [0.717, 1.165) is 42.7 Å². The van der Waals surface area contributed by atoms with E-state index in [2.05, 4.69) is 17.6 Å². The first-order valence-corrected chi connectivity index (χ1v) is 9.53. The van der Waals surface area contributed by atoms with Crippen LogP contribution >= 0.6 is 0 Å². The molecule has 5 nitrogen and oxygen atoms in total. The average Bonchev–Trinajstić information content (AvgIpc) is 3.51. The molecule has 1 aliphatic carbocycles. The molecule has 1 aliphatic rings. The van der Waals surface area contributed by atoms with E-state index in [4.69, 9.17) is 4.74 Å². The third-order valence-corrected chi connectivity index (χ3v) is 4.67. The molecule has 2 aromatic rings. The van der Waals surface area contributed by atoms with Gasteiger partial charge < -0.3 is 15.4 Å². The maximum Gasteiger partial charge on any atom is 0.255 e. The second-order valence-corrected chi connectivity index (χ2v) is 6.92. The number of ether oxygens (including phenoxy) is 1. The van der Waals surface area contributed by atoms with E-state index in [1.54, 1.807) is 12.1 Å². The van der Waals surface area contributed by atoms with Crippen molar-refractivity contribution in [2.24, 2.45) is 5.92 Å². The molecule has 0 aromatic heterocycles. The zero-order valence-electron chi connectivity index (χ0n) is 15.9.